The Labute approximate surface area is 163 Å². The van der Waals surface area contributed by atoms with Gasteiger partial charge in [0.2, 0.25) is 5.95 Å². The first-order valence-electron chi connectivity index (χ1n) is 8.84. The average Bonchev–Trinajstić information content (AvgIpc) is 3.01. The predicted octanol–water partition coefficient (Wildman–Crippen LogP) is 2.73. The molecule has 28 heavy (non-hydrogen) atoms. The van der Waals surface area contributed by atoms with E-state index in [0.29, 0.717) is 5.56 Å². The molecule has 1 aromatic carbocycles. The fourth-order valence-corrected chi connectivity index (χ4v) is 4.45. The number of halogens is 1. The van der Waals surface area contributed by atoms with Crippen LogP contribution in [0.2, 0.25) is 0 Å². The van der Waals surface area contributed by atoms with Gasteiger partial charge in [0.15, 0.2) is 0 Å². The molecule has 0 bridgehead atoms. The molecule has 3 aromatic rings. The lowest BCUT2D eigenvalue weighted by Gasteiger charge is -2.22. The number of hydrogen-bond donors (Lipinski definition) is 3. The number of nitrogen functional groups attached to an aromatic ring is 1. The van der Waals surface area contributed by atoms with Crippen LogP contribution in [0.1, 0.15) is 44.8 Å². The first-order chi connectivity index (χ1) is 13.4. The van der Waals surface area contributed by atoms with Crippen molar-refractivity contribution in [3.05, 3.63) is 61.6 Å². The summed E-state index contributed by atoms with van der Waals surface area (Å²) in [5.41, 5.74) is 6.66. The minimum absolute atomic E-state index is 0.0774. The van der Waals surface area contributed by atoms with Gasteiger partial charge in [-0.25, -0.2) is 14.4 Å². The third kappa shape index (κ3) is 3.65. The maximum absolute atomic E-state index is 14.2. The third-order valence-electron chi connectivity index (χ3n) is 4.58. The fourth-order valence-electron chi connectivity index (χ4n) is 3.42. The van der Waals surface area contributed by atoms with E-state index < -0.39 is 17.3 Å². The number of fused-ring (bicyclic) bond motifs is 1. The summed E-state index contributed by atoms with van der Waals surface area (Å²) in [6.07, 6.45) is 2.72. The number of aromatic amines is 1. The molecule has 0 saturated carbocycles. The second kappa shape index (κ2) is 7.16. The molecule has 2 heterocycles. The van der Waals surface area contributed by atoms with Crippen LogP contribution < -0.4 is 16.6 Å². The molecule has 2 aromatic heterocycles. The first-order valence-corrected chi connectivity index (χ1v) is 9.65. The number of carbonyl (C=O) groups is 1. The van der Waals surface area contributed by atoms with Crippen molar-refractivity contribution in [2.24, 2.45) is 0 Å². The topological polar surface area (TPSA) is 114 Å². The molecular weight excluding hydrogens is 381 g/mol. The predicted molar refractivity (Wildman–Crippen MR) is 105 cm³/mol. The van der Waals surface area contributed by atoms with Gasteiger partial charge in [0, 0.05) is 22.1 Å². The summed E-state index contributed by atoms with van der Waals surface area (Å²) < 4.78 is 14.2. The van der Waals surface area contributed by atoms with Gasteiger partial charge in [-0.15, -0.1) is 11.3 Å². The Hall–Kier alpha value is -3.07. The van der Waals surface area contributed by atoms with E-state index in [4.69, 9.17) is 5.73 Å². The van der Waals surface area contributed by atoms with Crippen molar-refractivity contribution in [3.63, 3.8) is 0 Å². The van der Waals surface area contributed by atoms with E-state index in [0.717, 1.165) is 36.0 Å². The maximum Gasteiger partial charge on any atom is 0.252 e. The molecule has 0 spiro atoms. The van der Waals surface area contributed by atoms with E-state index in [1.54, 1.807) is 11.3 Å². The molecule has 144 valence electrons. The van der Waals surface area contributed by atoms with Crippen LogP contribution in [0.25, 0.3) is 11.3 Å². The van der Waals surface area contributed by atoms with Crippen LogP contribution in [0, 0.1) is 12.7 Å². The Balaban J connectivity index is 1.64. The van der Waals surface area contributed by atoms with Gasteiger partial charge in [-0.05, 0) is 44.4 Å². The SMILES string of the molecule is Cc1nc2c(s1)CCCC2NC(=O)c1cc(F)cc(-c2cc(=O)[nH]c(N)n2)c1. The van der Waals surface area contributed by atoms with Gasteiger partial charge in [-0.1, -0.05) is 0 Å². The normalized spacial score (nSPS) is 15.9. The van der Waals surface area contributed by atoms with Crippen molar-refractivity contribution in [3.8, 4) is 11.3 Å². The van der Waals surface area contributed by atoms with Crippen LogP contribution in [0.15, 0.2) is 29.1 Å². The van der Waals surface area contributed by atoms with E-state index in [2.05, 4.69) is 20.3 Å². The van der Waals surface area contributed by atoms with Gasteiger partial charge in [0.25, 0.3) is 11.5 Å². The number of aromatic nitrogens is 3. The number of H-pyrrole nitrogens is 1. The molecule has 0 fully saturated rings. The number of hydrogen-bond acceptors (Lipinski definition) is 6. The van der Waals surface area contributed by atoms with Crippen molar-refractivity contribution in [1.82, 2.24) is 20.3 Å². The Bertz CT molecular complexity index is 1120. The molecule has 9 heteroatoms. The standard InChI is InChI=1S/C19H18FN5O2S/c1-9-22-17-13(3-2-4-15(17)28-9)23-18(27)11-5-10(6-12(20)7-11)14-8-16(26)25-19(21)24-14/h5-8,13H,2-4H2,1H3,(H,23,27)(H3,21,24,25,26). The molecule has 4 N–H and O–H groups in total. The van der Waals surface area contributed by atoms with Gasteiger partial charge >= 0.3 is 0 Å². The molecule has 7 nitrogen and oxygen atoms in total. The number of nitrogens with zero attached hydrogens (tertiary/aromatic N) is 2. The number of rotatable bonds is 3. The molecule has 0 aliphatic heterocycles. The Morgan fingerprint density at radius 3 is 2.93 bits per heavy atom. The third-order valence-corrected chi connectivity index (χ3v) is 5.63. The van der Waals surface area contributed by atoms with Crippen LogP contribution in [0.4, 0.5) is 10.3 Å². The van der Waals surface area contributed by atoms with Crippen LogP contribution in [-0.4, -0.2) is 20.9 Å². The lowest BCUT2D eigenvalue weighted by molar-refractivity contribution is 0.0931. The van der Waals surface area contributed by atoms with E-state index in [1.165, 1.54) is 23.1 Å². The highest BCUT2D eigenvalue weighted by molar-refractivity contribution is 7.11. The van der Waals surface area contributed by atoms with Crippen molar-refractivity contribution in [1.29, 1.82) is 0 Å². The minimum atomic E-state index is -0.600. The van der Waals surface area contributed by atoms with Gasteiger partial charge < -0.3 is 11.1 Å². The van der Waals surface area contributed by atoms with Crippen molar-refractivity contribution >= 4 is 23.2 Å². The molecule has 1 unspecified atom stereocenters. The summed E-state index contributed by atoms with van der Waals surface area (Å²) in [5.74, 6) is -1.08. The zero-order valence-electron chi connectivity index (χ0n) is 15.1. The summed E-state index contributed by atoms with van der Waals surface area (Å²) >= 11 is 1.65. The molecule has 1 atom stereocenters. The lowest BCUT2D eigenvalue weighted by atomic mass is 9.97. The number of benzene rings is 1. The number of carbonyl (C=O) groups excluding carboxylic acids is 1. The van der Waals surface area contributed by atoms with E-state index in [9.17, 15) is 14.0 Å². The smallest absolute Gasteiger partial charge is 0.252 e. The zero-order valence-corrected chi connectivity index (χ0v) is 15.9. The van der Waals surface area contributed by atoms with Crippen LogP contribution in [0.3, 0.4) is 0 Å². The second-order valence-corrected chi connectivity index (χ2v) is 7.99. The Kier molecular flexibility index (Phi) is 4.68. The van der Waals surface area contributed by atoms with Gasteiger partial charge in [0.1, 0.15) is 5.82 Å². The Morgan fingerprint density at radius 2 is 2.14 bits per heavy atom. The molecule has 0 radical (unpaired) electrons. The number of nitrogens with two attached hydrogens (primary N) is 1. The van der Waals surface area contributed by atoms with E-state index in [1.807, 2.05) is 6.92 Å². The molecule has 1 amide bonds. The summed E-state index contributed by atoms with van der Waals surface area (Å²) in [5, 5.41) is 3.93. The lowest BCUT2D eigenvalue weighted by Crippen LogP contribution is -2.31. The van der Waals surface area contributed by atoms with E-state index >= 15 is 0 Å². The van der Waals surface area contributed by atoms with Crippen LogP contribution in [-0.2, 0) is 6.42 Å². The highest BCUT2D eigenvalue weighted by atomic mass is 32.1. The van der Waals surface area contributed by atoms with Crippen LogP contribution >= 0.6 is 11.3 Å². The number of anilines is 1. The summed E-state index contributed by atoms with van der Waals surface area (Å²) in [7, 11) is 0. The molecule has 0 saturated heterocycles. The van der Waals surface area contributed by atoms with Crippen LogP contribution in [0.5, 0.6) is 0 Å². The summed E-state index contributed by atoms with van der Waals surface area (Å²) in [4.78, 5) is 36.5. The number of thiazole rings is 1. The average molecular weight is 399 g/mol. The van der Waals surface area contributed by atoms with Crippen molar-refractivity contribution in [2.45, 2.75) is 32.2 Å². The quantitative estimate of drug-likeness (QED) is 0.627. The summed E-state index contributed by atoms with van der Waals surface area (Å²) in [6, 6.07) is 4.88. The number of amides is 1. The second-order valence-electron chi connectivity index (χ2n) is 6.70. The van der Waals surface area contributed by atoms with Gasteiger partial charge in [0.05, 0.1) is 22.4 Å². The number of nitrogens with one attached hydrogen (secondary N) is 2. The van der Waals surface area contributed by atoms with Gasteiger partial charge in [-0.3, -0.25) is 14.6 Å². The number of aryl methyl sites for hydroxylation is 2. The molecular formula is C19H18FN5O2S. The van der Waals surface area contributed by atoms with Gasteiger partial charge in [-0.2, -0.15) is 0 Å². The molecule has 1 aliphatic carbocycles. The molecule has 4 rings (SSSR count). The van der Waals surface area contributed by atoms with Crippen molar-refractivity contribution in [2.75, 3.05) is 5.73 Å². The first kappa shape index (κ1) is 18.3. The highest BCUT2D eigenvalue weighted by Gasteiger charge is 2.26. The fraction of sp³-hybridized carbons (Fsp3) is 0.263. The minimum Gasteiger partial charge on any atom is -0.369 e. The zero-order chi connectivity index (χ0) is 19.8. The largest absolute Gasteiger partial charge is 0.369 e. The maximum atomic E-state index is 14.2. The van der Waals surface area contributed by atoms with E-state index in [-0.39, 0.29) is 23.2 Å². The Morgan fingerprint density at radius 1 is 1.32 bits per heavy atom. The highest BCUT2D eigenvalue weighted by Crippen LogP contribution is 2.33. The monoisotopic (exact) mass is 399 g/mol. The molecule has 1 aliphatic rings. The summed E-state index contributed by atoms with van der Waals surface area (Å²) in [6.45, 7) is 1.95. The van der Waals surface area contributed by atoms with Crippen molar-refractivity contribution < 1.29 is 9.18 Å².